The minimum absolute atomic E-state index is 0.264. The Morgan fingerprint density at radius 1 is 1.26 bits per heavy atom. The van der Waals surface area contributed by atoms with Crippen LogP contribution in [0.25, 0.3) is 0 Å². The van der Waals surface area contributed by atoms with Crippen LogP contribution in [0.3, 0.4) is 0 Å². The smallest absolute Gasteiger partial charge is 0.0832 e. The molecule has 0 spiro atoms. The van der Waals surface area contributed by atoms with Crippen LogP contribution in [0.5, 0.6) is 0 Å². The van der Waals surface area contributed by atoms with Crippen molar-refractivity contribution in [2.24, 2.45) is 5.92 Å². The third kappa shape index (κ3) is 2.74. The van der Waals surface area contributed by atoms with E-state index in [1.165, 1.54) is 29.5 Å². The molecule has 1 atom stereocenters. The first-order valence-electron chi connectivity index (χ1n) is 7.03. The number of nitrogens with zero attached hydrogens (tertiary/aromatic N) is 1. The van der Waals surface area contributed by atoms with Crippen LogP contribution in [0.15, 0.2) is 36.7 Å². The van der Waals surface area contributed by atoms with Crippen LogP contribution in [0.2, 0.25) is 0 Å². The maximum atomic E-state index is 10.1. The Hall–Kier alpha value is -1.54. The van der Waals surface area contributed by atoms with Gasteiger partial charge >= 0.3 is 0 Å². The first kappa shape index (κ1) is 12.5. The minimum atomic E-state index is -0.264. The SMILES string of the molecule is Cc1ccc(C)c(Cn2ccc(C(O)C3CC3)c2)c1. The quantitative estimate of drug-likeness (QED) is 0.887. The van der Waals surface area contributed by atoms with Gasteiger partial charge in [-0.2, -0.15) is 0 Å². The van der Waals surface area contributed by atoms with E-state index >= 15 is 0 Å². The Morgan fingerprint density at radius 3 is 2.79 bits per heavy atom. The zero-order chi connectivity index (χ0) is 13.4. The van der Waals surface area contributed by atoms with Crippen LogP contribution in [0.4, 0.5) is 0 Å². The van der Waals surface area contributed by atoms with Gasteiger partial charge in [-0.1, -0.05) is 23.8 Å². The molecule has 1 unspecified atom stereocenters. The fourth-order valence-electron chi connectivity index (χ4n) is 2.58. The van der Waals surface area contributed by atoms with Crippen molar-refractivity contribution in [3.8, 4) is 0 Å². The third-order valence-electron chi connectivity index (χ3n) is 4.04. The van der Waals surface area contributed by atoms with Gasteiger partial charge in [0.05, 0.1) is 6.10 Å². The van der Waals surface area contributed by atoms with E-state index in [0.29, 0.717) is 5.92 Å². The highest BCUT2D eigenvalue weighted by Crippen LogP contribution is 2.40. The molecule has 1 heterocycles. The Morgan fingerprint density at radius 2 is 2.05 bits per heavy atom. The first-order valence-corrected chi connectivity index (χ1v) is 7.03. The van der Waals surface area contributed by atoms with Gasteiger partial charge in [-0.05, 0) is 55.4 Å². The molecule has 19 heavy (non-hydrogen) atoms. The summed E-state index contributed by atoms with van der Waals surface area (Å²) in [5.41, 5.74) is 5.03. The van der Waals surface area contributed by atoms with E-state index in [1.54, 1.807) is 0 Å². The molecule has 0 bridgehead atoms. The van der Waals surface area contributed by atoms with E-state index in [9.17, 15) is 5.11 Å². The van der Waals surface area contributed by atoms with Gasteiger partial charge in [0.1, 0.15) is 0 Å². The van der Waals surface area contributed by atoms with Crippen LogP contribution in [0, 0.1) is 19.8 Å². The first-order chi connectivity index (χ1) is 9.13. The third-order valence-corrected chi connectivity index (χ3v) is 4.04. The summed E-state index contributed by atoms with van der Waals surface area (Å²) in [5, 5.41) is 10.1. The van der Waals surface area contributed by atoms with Crippen LogP contribution in [-0.2, 0) is 6.54 Å². The summed E-state index contributed by atoms with van der Waals surface area (Å²) in [6.07, 6.45) is 6.24. The second-order valence-corrected chi connectivity index (χ2v) is 5.83. The van der Waals surface area contributed by atoms with E-state index < -0.39 is 0 Å². The molecule has 1 aromatic carbocycles. The molecule has 100 valence electrons. The molecule has 0 radical (unpaired) electrons. The number of rotatable bonds is 4. The lowest BCUT2D eigenvalue weighted by Crippen LogP contribution is -2.01. The van der Waals surface area contributed by atoms with E-state index in [4.69, 9.17) is 0 Å². The van der Waals surface area contributed by atoms with E-state index in [-0.39, 0.29) is 6.10 Å². The lowest BCUT2D eigenvalue weighted by Gasteiger charge is -2.09. The van der Waals surface area contributed by atoms with E-state index in [2.05, 4.69) is 49.0 Å². The molecule has 2 heteroatoms. The summed E-state index contributed by atoms with van der Waals surface area (Å²) < 4.78 is 2.17. The highest BCUT2D eigenvalue weighted by Gasteiger charge is 2.31. The van der Waals surface area contributed by atoms with Crippen LogP contribution < -0.4 is 0 Å². The van der Waals surface area contributed by atoms with Crippen molar-refractivity contribution in [1.29, 1.82) is 0 Å². The Bertz CT molecular complexity index is 581. The Kier molecular flexibility index (Phi) is 3.19. The molecule has 1 fully saturated rings. The average molecular weight is 255 g/mol. The molecule has 1 aliphatic rings. The summed E-state index contributed by atoms with van der Waals surface area (Å²) in [7, 11) is 0. The van der Waals surface area contributed by atoms with Crippen molar-refractivity contribution in [2.45, 2.75) is 39.3 Å². The highest BCUT2D eigenvalue weighted by atomic mass is 16.3. The summed E-state index contributed by atoms with van der Waals surface area (Å²) >= 11 is 0. The Labute approximate surface area is 114 Å². The molecule has 3 rings (SSSR count). The molecule has 2 aromatic rings. The second kappa shape index (κ2) is 4.86. The normalized spacial score (nSPS) is 16.6. The lowest BCUT2D eigenvalue weighted by atomic mass is 10.1. The predicted octanol–water partition coefficient (Wildman–Crippen LogP) is 3.60. The van der Waals surface area contributed by atoms with Gasteiger partial charge < -0.3 is 9.67 Å². The molecular formula is C17H21NO. The van der Waals surface area contributed by atoms with Crippen LogP contribution in [-0.4, -0.2) is 9.67 Å². The number of hydrogen-bond acceptors (Lipinski definition) is 1. The zero-order valence-electron chi connectivity index (χ0n) is 11.6. The fourth-order valence-corrected chi connectivity index (χ4v) is 2.58. The predicted molar refractivity (Wildman–Crippen MR) is 77.1 cm³/mol. The minimum Gasteiger partial charge on any atom is -0.388 e. The Balaban J connectivity index is 1.77. The van der Waals surface area contributed by atoms with E-state index in [0.717, 1.165) is 12.1 Å². The number of aryl methyl sites for hydroxylation is 2. The number of hydrogen-bond donors (Lipinski definition) is 1. The molecular weight excluding hydrogens is 234 g/mol. The van der Waals surface area contributed by atoms with Crippen molar-refractivity contribution in [1.82, 2.24) is 4.57 Å². The van der Waals surface area contributed by atoms with Crippen molar-refractivity contribution in [3.63, 3.8) is 0 Å². The average Bonchev–Trinajstić information content (AvgIpc) is 3.13. The maximum absolute atomic E-state index is 10.1. The van der Waals surface area contributed by atoms with Gasteiger partial charge in [-0.25, -0.2) is 0 Å². The standard InChI is InChI=1S/C17H21NO/c1-12-3-4-13(2)16(9-12)11-18-8-7-15(10-18)17(19)14-5-6-14/h3-4,7-10,14,17,19H,5-6,11H2,1-2H3. The summed E-state index contributed by atoms with van der Waals surface area (Å²) in [6.45, 7) is 5.16. The van der Waals surface area contributed by atoms with Crippen molar-refractivity contribution in [2.75, 3.05) is 0 Å². The molecule has 1 aliphatic carbocycles. The lowest BCUT2D eigenvalue weighted by molar-refractivity contribution is 0.154. The molecule has 1 aromatic heterocycles. The van der Waals surface area contributed by atoms with Gasteiger partial charge in [0.15, 0.2) is 0 Å². The molecule has 0 amide bonds. The molecule has 0 saturated heterocycles. The summed E-state index contributed by atoms with van der Waals surface area (Å²) in [5.74, 6) is 0.497. The molecule has 0 aliphatic heterocycles. The second-order valence-electron chi connectivity index (χ2n) is 5.83. The fraction of sp³-hybridized carbons (Fsp3) is 0.412. The van der Waals surface area contributed by atoms with Gasteiger partial charge in [0.25, 0.3) is 0 Å². The number of aliphatic hydroxyl groups is 1. The number of benzene rings is 1. The monoisotopic (exact) mass is 255 g/mol. The number of aromatic nitrogens is 1. The van der Waals surface area contributed by atoms with Gasteiger partial charge in [-0.15, -0.1) is 0 Å². The largest absolute Gasteiger partial charge is 0.388 e. The summed E-state index contributed by atoms with van der Waals surface area (Å²) in [4.78, 5) is 0. The topological polar surface area (TPSA) is 25.2 Å². The zero-order valence-corrected chi connectivity index (χ0v) is 11.6. The van der Waals surface area contributed by atoms with Crippen molar-refractivity contribution in [3.05, 3.63) is 58.9 Å². The van der Waals surface area contributed by atoms with Crippen LogP contribution in [0.1, 0.15) is 41.2 Å². The molecule has 2 nitrogen and oxygen atoms in total. The summed E-state index contributed by atoms with van der Waals surface area (Å²) in [6, 6.07) is 8.62. The van der Waals surface area contributed by atoms with Gasteiger partial charge in [0.2, 0.25) is 0 Å². The maximum Gasteiger partial charge on any atom is 0.0832 e. The van der Waals surface area contributed by atoms with Gasteiger partial charge in [-0.3, -0.25) is 0 Å². The van der Waals surface area contributed by atoms with E-state index in [1.807, 2.05) is 6.07 Å². The van der Waals surface area contributed by atoms with Crippen molar-refractivity contribution >= 4 is 0 Å². The van der Waals surface area contributed by atoms with Crippen LogP contribution >= 0.6 is 0 Å². The van der Waals surface area contributed by atoms with Crippen molar-refractivity contribution < 1.29 is 5.11 Å². The van der Waals surface area contributed by atoms with Gasteiger partial charge in [0, 0.05) is 18.9 Å². The molecule has 1 N–H and O–H groups in total. The highest BCUT2D eigenvalue weighted by molar-refractivity contribution is 5.31. The number of aliphatic hydroxyl groups excluding tert-OH is 1. The molecule has 1 saturated carbocycles.